The monoisotopic (exact) mass is 421 g/mol. The van der Waals surface area contributed by atoms with Crippen molar-refractivity contribution in [2.45, 2.75) is 31.3 Å². The lowest BCUT2D eigenvalue weighted by Gasteiger charge is -2.44. The molecular weight excluding hydrogens is 398 g/mol. The van der Waals surface area contributed by atoms with Gasteiger partial charge in [0.2, 0.25) is 11.9 Å². The molecule has 4 heterocycles. The van der Waals surface area contributed by atoms with Crippen LogP contribution >= 0.6 is 11.3 Å². The Balaban J connectivity index is 1.25. The van der Waals surface area contributed by atoms with Gasteiger partial charge in [-0.25, -0.2) is 15.0 Å². The quantitative estimate of drug-likeness (QED) is 0.699. The Hall–Kier alpha value is -2.84. The number of benzene rings is 1. The summed E-state index contributed by atoms with van der Waals surface area (Å²) in [6.07, 6.45) is 4.37. The zero-order chi connectivity index (χ0) is 20.6. The van der Waals surface area contributed by atoms with E-state index in [-0.39, 0.29) is 11.9 Å². The molecule has 2 aromatic heterocycles. The highest BCUT2D eigenvalue weighted by molar-refractivity contribution is 7.13. The van der Waals surface area contributed by atoms with Gasteiger partial charge in [-0.05, 0) is 24.8 Å². The molecule has 0 bridgehead atoms. The van der Waals surface area contributed by atoms with Crippen LogP contribution in [0.2, 0.25) is 0 Å². The number of rotatable bonds is 3. The van der Waals surface area contributed by atoms with Crippen LogP contribution in [-0.2, 0) is 28.0 Å². The number of aromatic nitrogens is 3. The van der Waals surface area contributed by atoms with Crippen LogP contribution in [0.1, 0.15) is 29.8 Å². The van der Waals surface area contributed by atoms with E-state index < -0.39 is 5.60 Å². The highest BCUT2D eigenvalue weighted by atomic mass is 32.1. The molecule has 7 nitrogen and oxygen atoms in total. The van der Waals surface area contributed by atoms with E-state index in [9.17, 15) is 4.79 Å². The molecule has 1 fully saturated rings. The number of hydrogen-bond donors (Lipinski definition) is 1. The van der Waals surface area contributed by atoms with Gasteiger partial charge in [-0.15, -0.1) is 11.3 Å². The maximum Gasteiger partial charge on any atom is 0.228 e. The normalized spacial score (nSPS) is 17.7. The van der Waals surface area contributed by atoms with E-state index in [0.29, 0.717) is 39.0 Å². The number of nitrogen functional groups attached to an aromatic ring is 1. The molecular formula is C22H23N5O2S. The second kappa shape index (κ2) is 7.77. The lowest BCUT2D eigenvalue weighted by molar-refractivity contribution is -0.140. The topological polar surface area (TPSA) is 94.2 Å². The minimum atomic E-state index is -0.456. The Labute approximate surface area is 178 Å². The Morgan fingerprint density at radius 1 is 1.20 bits per heavy atom. The molecule has 3 aromatic rings. The Bertz CT molecular complexity index is 1060. The largest absolute Gasteiger partial charge is 0.368 e. The minimum Gasteiger partial charge on any atom is -0.368 e. The van der Waals surface area contributed by atoms with Gasteiger partial charge < -0.3 is 15.4 Å². The van der Waals surface area contributed by atoms with Crippen LogP contribution in [0.3, 0.4) is 0 Å². The fourth-order valence-electron chi connectivity index (χ4n) is 4.29. The number of fused-ring (bicyclic) bond motifs is 2. The van der Waals surface area contributed by atoms with Crippen molar-refractivity contribution in [1.82, 2.24) is 19.9 Å². The minimum absolute atomic E-state index is 0.105. The highest BCUT2D eigenvalue weighted by Crippen LogP contribution is 2.40. The number of amides is 1. The second-order valence-corrected chi connectivity index (χ2v) is 8.62. The summed E-state index contributed by atoms with van der Waals surface area (Å²) in [6.45, 7) is 1.92. The van der Waals surface area contributed by atoms with E-state index in [2.05, 4.69) is 15.0 Å². The molecule has 2 aliphatic rings. The summed E-state index contributed by atoms with van der Waals surface area (Å²) < 4.78 is 6.19. The van der Waals surface area contributed by atoms with Crippen molar-refractivity contribution < 1.29 is 9.53 Å². The van der Waals surface area contributed by atoms with E-state index in [1.54, 1.807) is 11.3 Å². The van der Waals surface area contributed by atoms with Gasteiger partial charge in [-0.1, -0.05) is 30.3 Å². The Morgan fingerprint density at radius 2 is 2.00 bits per heavy atom. The van der Waals surface area contributed by atoms with Gasteiger partial charge in [-0.3, -0.25) is 4.79 Å². The Kier molecular flexibility index (Phi) is 4.96. The molecule has 1 spiro atoms. The maximum absolute atomic E-state index is 12.9. The fraction of sp³-hybridized carbons (Fsp3) is 0.364. The molecule has 5 rings (SSSR count). The third-order valence-corrected chi connectivity index (χ3v) is 6.83. The lowest BCUT2D eigenvalue weighted by atomic mass is 9.83. The predicted molar refractivity (Wildman–Crippen MR) is 115 cm³/mol. The molecule has 0 saturated carbocycles. The van der Waals surface area contributed by atoms with Crippen LogP contribution in [0.15, 0.2) is 41.9 Å². The number of likely N-dealkylation sites (tertiary alicyclic amines) is 1. The highest BCUT2D eigenvalue weighted by Gasteiger charge is 2.43. The average Bonchev–Trinajstić information content (AvgIpc) is 3.24. The molecule has 1 aromatic carbocycles. The third-order valence-electron chi connectivity index (χ3n) is 5.89. The number of nitrogens with zero attached hydrogens (tertiary/aromatic N) is 4. The van der Waals surface area contributed by atoms with Crippen LogP contribution in [0, 0.1) is 0 Å². The SMILES string of the molecule is Nc1ncc2c(n1)C1(CCN(C(=O)Cc3csc(-c4ccccc4)n3)CC1)OCC2. The number of hydrogen-bond acceptors (Lipinski definition) is 7. The predicted octanol–water partition coefficient (Wildman–Crippen LogP) is 2.82. The molecule has 1 amide bonds. The zero-order valence-electron chi connectivity index (χ0n) is 16.6. The van der Waals surface area contributed by atoms with Crippen molar-refractivity contribution in [1.29, 1.82) is 0 Å². The molecule has 8 heteroatoms. The van der Waals surface area contributed by atoms with Crippen molar-refractivity contribution in [2.24, 2.45) is 0 Å². The van der Waals surface area contributed by atoms with Gasteiger partial charge in [0.1, 0.15) is 10.6 Å². The van der Waals surface area contributed by atoms with Gasteiger partial charge in [0.15, 0.2) is 0 Å². The van der Waals surface area contributed by atoms with Gasteiger partial charge >= 0.3 is 0 Å². The van der Waals surface area contributed by atoms with Crippen molar-refractivity contribution in [3.05, 3.63) is 58.9 Å². The number of anilines is 1. The van der Waals surface area contributed by atoms with Gasteiger partial charge in [0.25, 0.3) is 0 Å². The average molecular weight is 422 g/mol. The first kappa shape index (κ1) is 19.1. The molecule has 2 aliphatic heterocycles. The van der Waals surface area contributed by atoms with Crippen molar-refractivity contribution in [3.8, 4) is 10.6 Å². The van der Waals surface area contributed by atoms with Crippen LogP contribution < -0.4 is 5.73 Å². The van der Waals surface area contributed by atoms with E-state index in [4.69, 9.17) is 10.5 Å². The molecule has 0 unspecified atom stereocenters. The van der Waals surface area contributed by atoms with Crippen LogP contribution in [0.25, 0.3) is 10.6 Å². The summed E-state index contributed by atoms with van der Waals surface area (Å²) in [7, 11) is 0. The number of carbonyl (C=O) groups excluding carboxylic acids is 1. The lowest BCUT2D eigenvalue weighted by Crippen LogP contribution is -2.49. The zero-order valence-corrected chi connectivity index (χ0v) is 17.4. The third kappa shape index (κ3) is 3.57. The number of nitrogens with two attached hydrogens (primary N) is 1. The number of carbonyl (C=O) groups is 1. The van der Waals surface area contributed by atoms with Gasteiger partial charge in [-0.2, -0.15) is 0 Å². The number of ether oxygens (including phenoxy) is 1. The number of thiazole rings is 1. The smallest absolute Gasteiger partial charge is 0.228 e. The van der Waals surface area contributed by atoms with Crippen molar-refractivity contribution >= 4 is 23.2 Å². The maximum atomic E-state index is 12.9. The summed E-state index contributed by atoms with van der Waals surface area (Å²) in [5.41, 5.74) is 9.28. The van der Waals surface area contributed by atoms with Gasteiger partial charge in [0.05, 0.1) is 24.4 Å². The van der Waals surface area contributed by atoms with E-state index in [0.717, 1.165) is 33.9 Å². The van der Waals surface area contributed by atoms with Crippen LogP contribution in [0.4, 0.5) is 5.95 Å². The van der Waals surface area contributed by atoms with Gasteiger partial charge in [0, 0.05) is 30.2 Å². The molecule has 0 atom stereocenters. The summed E-state index contributed by atoms with van der Waals surface area (Å²) in [5, 5.41) is 2.92. The first-order valence-corrected chi connectivity index (χ1v) is 11.0. The molecule has 30 heavy (non-hydrogen) atoms. The first-order chi connectivity index (χ1) is 14.6. The Morgan fingerprint density at radius 3 is 2.80 bits per heavy atom. The summed E-state index contributed by atoms with van der Waals surface area (Å²) in [4.78, 5) is 28.1. The summed E-state index contributed by atoms with van der Waals surface area (Å²) in [6, 6.07) is 10.0. The standard InChI is InChI=1S/C22H23N5O2S/c23-21-24-13-16-6-11-29-22(19(16)26-21)7-9-27(10-8-22)18(28)12-17-14-30-20(25-17)15-4-2-1-3-5-15/h1-5,13-14H,6-12H2,(H2,23,24,26). The van der Waals surface area contributed by atoms with E-state index in [1.165, 1.54) is 0 Å². The van der Waals surface area contributed by atoms with Crippen molar-refractivity contribution in [2.75, 3.05) is 25.4 Å². The summed E-state index contributed by atoms with van der Waals surface area (Å²) >= 11 is 1.57. The van der Waals surface area contributed by atoms with Crippen LogP contribution in [-0.4, -0.2) is 45.5 Å². The van der Waals surface area contributed by atoms with Crippen LogP contribution in [0.5, 0.6) is 0 Å². The molecule has 0 radical (unpaired) electrons. The molecule has 2 N–H and O–H groups in total. The van der Waals surface area contributed by atoms with Crippen molar-refractivity contribution in [3.63, 3.8) is 0 Å². The molecule has 1 saturated heterocycles. The fourth-order valence-corrected chi connectivity index (χ4v) is 5.12. The molecule has 0 aliphatic carbocycles. The molecule has 154 valence electrons. The van der Waals surface area contributed by atoms with E-state index >= 15 is 0 Å². The number of piperidine rings is 1. The summed E-state index contributed by atoms with van der Waals surface area (Å²) in [5.74, 6) is 0.378. The second-order valence-electron chi connectivity index (χ2n) is 7.76. The van der Waals surface area contributed by atoms with E-state index in [1.807, 2.05) is 46.8 Å². The first-order valence-electron chi connectivity index (χ1n) is 10.2.